The maximum absolute atomic E-state index is 5.25. The van der Waals surface area contributed by atoms with Crippen molar-refractivity contribution in [3.05, 3.63) is 0 Å². The van der Waals surface area contributed by atoms with Gasteiger partial charge in [-0.15, -0.1) is 5.11 Å². The molecule has 0 fully saturated rings. The number of hydrogen-bond acceptors (Lipinski definition) is 7. The van der Waals surface area contributed by atoms with Gasteiger partial charge in [-0.2, -0.15) is 20.1 Å². The van der Waals surface area contributed by atoms with Crippen LogP contribution in [0.3, 0.4) is 0 Å². The summed E-state index contributed by atoms with van der Waals surface area (Å²) in [6, 6.07) is 0. The lowest BCUT2D eigenvalue weighted by Crippen LogP contribution is -2.01. The molecule has 0 radical (unpaired) electrons. The van der Waals surface area contributed by atoms with E-state index in [0.717, 1.165) is 0 Å². The Hall–Kier alpha value is -1.79. The zero-order chi connectivity index (χ0) is 8.27. The quantitative estimate of drug-likeness (QED) is 0.539. The van der Waals surface area contributed by atoms with Crippen LogP contribution in [0.15, 0.2) is 10.2 Å². The Morgan fingerprint density at radius 2 is 1.64 bits per heavy atom. The molecule has 1 rings (SSSR count). The Balaban J connectivity index is 3.08. The van der Waals surface area contributed by atoms with E-state index in [1.807, 2.05) is 0 Å². The maximum atomic E-state index is 5.25. The van der Waals surface area contributed by atoms with Crippen LogP contribution in [0.1, 0.15) is 0 Å². The van der Waals surface area contributed by atoms with Gasteiger partial charge in [0, 0.05) is 7.05 Å². The van der Waals surface area contributed by atoms with E-state index < -0.39 is 0 Å². The minimum atomic E-state index is 0.0416. The summed E-state index contributed by atoms with van der Waals surface area (Å²) in [5.74, 6) is 0.206. The number of anilines is 2. The van der Waals surface area contributed by atoms with Gasteiger partial charge < -0.3 is 11.5 Å². The van der Waals surface area contributed by atoms with Gasteiger partial charge in [0.25, 0.3) is 5.95 Å². The minimum Gasteiger partial charge on any atom is -0.368 e. The lowest BCUT2D eigenvalue weighted by atomic mass is 10.8. The van der Waals surface area contributed by atoms with Crippen LogP contribution in [0, 0.1) is 0 Å². The van der Waals surface area contributed by atoms with E-state index in [1.165, 1.54) is 7.05 Å². The van der Waals surface area contributed by atoms with Crippen LogP contribution in [0.2, 0.25) is 0 Å². The molecule has 0 aliphatic heterocycles. The van der Waals surface area contributed by atoms with Gasteiger partial charge in [-0.25, -0.2) is 0 Å². The molecule has 0 aliphatic carbocycles. The molecule has 7 heteroatoms. The molecule has 0 spiro atoms. The second kappa shape index (κ2) is 2.86. The van der Waals surface area contributed by atoms with Crippen LogP contribution in [-0.4, -0.2) is 22.0 Å². The summed E-state index contributed by atoms with van der Waals surface area (Å²) < 4.78 is 0. The molecule has 0 amide bonds. The summed E-state index contributed by atoms with van der Waals surface area (Å²) in [4.78, 5) is 10.8. The third-order valence-corrected chi connectivity index (χ3v) is 0.848. The fourth-order valence-corrected chi connectivity index (χ4v) is 0.531. The van der Waals surface area contributed by atoms with Gasteiger partial charge in [-0.1, -0.05) is 0 Å². The smallest absolute Gasteiger partial charge is 0.274 e. The molecular weight excluding hydrogens is 146 g/mol. The van der Waals surface area contributed by atoms with Gasteiger partial charge in [-0.3, -0.25) is 0 Å². The van der Waals surface area contributed by atoms with Crippen molar-refractivity contribution in [2.45, 2.75) is 0 Å². The maximum Gasteiger partial charge on any atom is 0.274 e. The zero-order valence-electron chi connectivity index (χ0n) is 5.89. The highest BCUT2D eigenvalue weighted by Crippen LogP contribution is 2.06. The second-order valence-corrected chi connectivity index (χ2v) is 1.65. The molecule has 0 aliphatic rings. The molecule has 1 aromatic rings. The van der Waals surface area contributed by atoms with Crippen LogP contribution in [0.4, 0.5) is 17.8 Å². The molecule has 1 heterocycles. The van der Waals surface area contributed by atoms with E-state index in [4.69, 9.17) is 11.5 Å². The SMILES string of the molecule is C/N=N/c1nc(N)nc(N)n1. The van der Waals surface area contributed by atoms with E-state index in [2.05, 4.69) is 25.2 Å². The first-order chi connectivity index (χ1) is 5.22. The summed E-state index contributed by atoms with van der Waals surface area (Å²) in [6.07, 6.45) is 0. The average molecular weight is 153 g/mol. The van der Waals surface area contributed by atoms with Crippen LogP contribution in [0.5, 0.6) is 0 Å². The lowest BCUT2D eigenvalue weighted by molar-refractivity contribution is 1.01. The van der Waals surface area contributed by atoms with E-state index in [1.54, 1.807) is 0 Å². The molecular formula is C4H7N7. The van der Waals surface area contributed by atoms with Crippen molar-refractivity contribution in [1.82, 2.24) is 15.0 Å². The predicted molar refractivity (Wildman–Crippen MR) is 39.1 cm³/mol. The van der Waals surface area contributed by atoms with Crippen LogP contribution < -0.4 is 11.5 Å². The molecule has 1 aromatic heterocycles. The Morgan fingerprint density at radius 3 is 2.09 bits per heavy atom. The van der Waals surface area contributed by atoms with Gasteiger partial charge in [0.05, 0.1) is 0 Å². The number of rotatable bonds is 1. The zero-order valence-corrected chi connectivity index (χ0v) is 5.89. The molecule has 0 bridgehead atoms. The highest BCUT2D eigenvalue weighted by atomic mass is 15.3. The highest BCUT2D eigenvalue weighted by Gasteiger charge is 1.97. The molecule has 11 heavy (non-hydrogen) atoms. The third kappa shape index (κ3) is 1.81. The van der Waals surface area contributed by atoms with Crippen molar-refractivity contribution in [2.75, 3.05) is 18.5 Å². The van der Waals surface area contributed by atoms with E-state index in [0.29, 0.717) is 0 Å². The summed E-state index contributed by atoms with van der Waals surface area (Å²) in [6.45, 7) is 0. The van der Waals surface area contributed by atoms with Crippen molar-refractivity contribution in [1.29, 1.82) is 0 Å². The molecule has 7 nitrogen and oxygen atoms in total. The minimum absolute atomic E-state index is 0.0416. The fraction of sp³-hybridized carbons (Fsp3) is 0.250. The van der Waals surface area contributed by atoms with Crippen LogP contribution >= 0.6 is 0 Å². The summed E-state index contributed by atoms with van der Waals surface area (Å²) in [5.41, 5.74) is 10.5. The predicted octanol–water partition coefficient (Wildman–Crippen LogP) is -0.251. The first-order valence-electron chi connectivity index (χ1n) is 2.79. The number of nitrogens with zero attached hydrogens (tertiary/aromatic N) is 5. The monoisotopic (exact) mass is 153 g/mol. The Morgan fingerprint density at radius 1 is 1.09 bits per heavy atom. The molecule has 4 N–H and O–H groups in total. The van der Waals surface area contributed by atoms with E-state index in [-0.39, 0.29) is 17.8 Å². The number of aromatic nitrogens is 3. The fourth-order valence-electron chi connectivity index (χ4n) is 0.531. The standard InChI is InChI=1S/C4H7N7/c1-7-11-4-9-2(5)8-3(6)10-4/h1H3,(H4,5,6,8,9,10)/b11-7+. The molecule has 58 valence electrons. The van der Waals surface area contributed by atoms with Gasteiger partial charge in [0.1, 0.15) is 0 Å². The van der Waals surface area contributed by atoms with Crippen molar-refractivity contribution in [2.24, 2.45) is 10.2 Å². The van der Waals surface area contributed by atoms with Crippen molar-refractivity contribution < 1.29 is 0 Å². The normalized spacial score (nSPS) is 10.6. The van der Waals surface area contributed by atoms with Gasteiger partial charge >= 0.3 is 0 Å². The van der Waals surface area contributed by atoms with Crippen molar-refractivity contribution in [3.63, 3.8) is 0 Å². The number of azo groups is 1. The molecule has 0 saturated heterocycles. The third-order valence-electron chi connectivity index (χ3n) is 0.848. The van der Waals surface area contributed by atoms with Crippen molar-refractivity contribution >= 4 is 17.8 Å². The lowest BCUT2D eigenvalue weighted by Gasteiger charge is -1.93. The van der Waals surface area contributed by atoms with Gasteiger partial charge in [0.15, 0.2) is 0 Å². The van der Waals surface area contributed by atoms with Crippen molar-refractivity contribution in [3.8, 4) is 0 Å². The van der Waals surface area contributed by atoms with E-state index >= 15 is 0 Å². The Labute approximate surface area is 62.6 Å². The van der Waals surface area contributed by atoms with Gasteiger partial charge in [-0.05, 0) is 0 Å². The molecule has 0 atom stereocenters. The van der Waals surface area contributed by atoms with E-state index in [9.17, 15) is 0 Å². The average Bonchev–Trinajstić information content (AvgIpc) is 1.85. The second-order valence-electron chi connectivity index (χ2n) is 1.65. The van der Waals surface area contributed by atoms with Gasteiger partial charge in [0.2, 0.25) is 11.9 Å². The summed E-state index contributed by atoms with van der Waals surface area (Å²) in [5, 5.41) is 6.98. The topological polar surface area (TPSA) is 115 Å². The van der Waals surface area contributed by atoms with Crippen LogP contribution in [-0.2, 0) is 0 Å². The molecule has 0 saturated carbocycles. The largest absolute Gasteiger partial charge is 0.368 e. The summed E-state index contributed by atoms with van der Waals surface area (Å²) in [7, 11) is 1.50. The highest BCUT2D eigenvalue weighted by molar-refractivity contribution is 5.32. The number of nitrogen functional groups attached to an aromatic ring is 2. The number of hydrogen-bond donors (Lipinski definition) is 2. The first kappa shape index (κ1) is 7.32. The first-order valence-corrected chi connectivity index (χ1v) is 2.79. The molecule has 0 unspecified atom stereocenters. The Kier molecular flexibility index (Phi) is 1.90. The number of nitrogens with two attached hydrogens (primary N) is 2. The Bertz CT molecular complexity index is 260. The molecule has 0 aromatic carbocycles. The van der Waals surface area contributed by atoms with Crippen LogP contribution in [0.25, 0.3) is 0 Å². The summed E-state index contributed by atoms with van der Waals surface area (Å²) >= 11 is 0.